The van der Waals surface area contributed by atoms with Gasteiger partial charge in [-0.1, -0.05) is 0 Å². The van der Waals surface area contributed by atoms with E-state index in [0.717, 1.165) is 25.6 Å². The van der Waals surface area contributed by atoms with E-state index in [-0.39, 0.29) is 5.60 Å². The van der Waals surface area contributed by atoms with E-state index in [1.54, 1.807) is 0 Å². The normalized spacial score (nSPS) is 36.8. The summed E-state index contributed by atoms with van der Waals surface area (Å²) in [5, 5.41) is 0. The van der Waals surface area contributed by atoms with Crippen LogP contribution < -0.4 is 5.73 Å². The van der Waals surface area contributed by atoms with E-state index in [2.05, 4.69) is 21.6 Å². The van der Waals surface area contributed by atoms with Crippen molar-refractivity contribution in [3.05, 3.63) is 0 Å². The number of hydrogen-bond acceptors (Lipinski definition) is 5. The maximum Gasteiger partial charge on any atom is 0.0795 e. The van der Waals surface area contributed by atoms with E-state index in [4.69, 9.17) is 10.5 Å². The molecule has 3 aliphatic heterocycles. The fraction of sp³-hybridized carbons (Fsp3) is 1.00. The van der Waals surface area contributed by atoms with Crippen molar-refractivity contribution in [2.45, 2.75) is 37.3 Å². The highest BCUT2D eigenvalue weighted by atomic mass is 32.2. The van der Waals surface area contributed by atoms with E-state index in [9.17, 15) is 0 Å². The fourth-order valence-electron chi connectivity index (χ4n) is 3.84. The van der Waals surface area contributed by atoms with Crippen molar-refractivity contribution < 1.29 is 4.74 Å². The fourth-order valence-corrected chi connectivity index (χ4v) is 5.22. The van der Waals surface area contributed by atoms with Crippen LogP contribution in [0.1, 0.15) is 25.7 Å². The Kier molecular flexibility index (Phi) is 5.26. The summed E-state index contributed by atoms with van der Waals surface area (Å²) in [5.41, 5.74) is 5.83. The molecule has 2 N–H and O–H groups in total. The predicted molar refractivity (Wildman–Crippen MR) is 85.3 cm³/mol. The van der Waals surface area contributed by atoms with Crippen molar-refractivity contribution >= 4 is 11.8 Å². The van der Waals surface area contributed by atoms with Gasteiger partial charge in [-0.2, -0.15) is 11.8 Å². The van der Waals surface area contributed by atoms with Crippen LogP contribution in [-0.2, 0) is 4.74 Å². The second kappa shape index (κ2) is 6.97. The molecule has 5 heteroatoms. The van der Waals surface area contributed by atoms with Gasteiger partial charge >= 0.3 is 0 Å². The van der Waals surface area contributed by atoms with Crippen LogP contribution in [0.3, 0.4) is 0 Å². The first kappa shape index (κ1) is 15.1. The van der Waals surface area contributed by atoms with Gasteiger partial charge in [0.15, 0.2) is 0 Å². The lowest BCUT2D eigenvalue weighted by Crippen LogP contribution is -2.55. The van der Waals surface area contributed by atoms with Crippen LogP contribution >= 0.6 is 11.8 Å². The monoisotopic (exact) mass is 299 g/mol. The molecule has 3 rings (SSSR count). The molecular weight excluding hydrogens is 270 g/mol. The molecule has 1 spiro atoms. The first-order chi connectivity index (χ1) is 9.81. The van der Waals surface area contributed by atoms with Gasteiger partial charge in [-0.05, 0) is 44.5 Å². The van der Waals surface area contributed by atoms with Gasteiger partial charge in [-0.25, -0.2) is 0 Å². The van der Waals surface area contributed by atoms with Crippen molar-refractivity contribution in [1.82, 2.24) is 9.80 Å². The number of ether oxygens (including phenoxy) is 1. The lowest BCUT2D eigenvalue weighted by molar-refractivity contribution is -0.0940. The summed E-state index contributed by atoms with van der Waals surface area (Å²) in [7, 11) is 0. The lowest BCUT2D eigenvalue weighted by atomic mass is 9.88. The number of nitrogens with zero attached hydrogens (tertiary/aromatic N) is 2. The first-order valence-electron chi connectivity index (χ1n) is 8.19. The molecule has 0 bridgehead atoms. The zero-order valence-corrected chi connectivity index (χ0v) is 13.4. The van der Waals surface area contributed by atoms with Crippen LogP contribution in [0.15, 0.2) is 0 Å². The Morgan fingerprint density at radius 3 is 2.80 bits per heavy atom. The van der Waals surface area contributed by atoms with E-state index in [0.29, 0.717) is 0 Å². The van der Waals surface area contributed by atoms with Crippen LogP contribution in [0.25, 0.3) is 0 Å². The summed E-state index contributed by atoms with van der Waals surface area (Å²) >= 11 is 2.07. The summed E-state index contributed by atoms with van der Waals surface area (Å²) in [4.78, 5) is 5.30. The van der Waals surface area contributed by atoms with Crippen LogP contribution in [0.5, 0.6) is 0 Å². The Labute approximate surface area is 127 Å². The molecular formula is C15H29N3OS. The Morgan fingerprint density at radius 1 is 1.25 bits per heavy atom. The van der Waals surface area contributed by atoms with Crippen LogP contribution in [-0.4, -0.2) is 78.8 Å². The lowest BCUT2D eigenvalue weighted by Gasteiger charge is -2.45. The molecule has 0 amide bonds. The van der Waals surface area contributed by atoms with Gasteiger partial charge in [-0.3, -0.25) is 4.90 Å². The average Bonchev–Trinajstić information content (AvgIpc) is 2.93. The molecule has 0 aliphatic carbocycles. The minimum Gasteiger partial charge on any atom is -0.374 e. The summed E-state index contributed by atoms with van der Waals surface area (Å²) in [5.74, 6) is 2.51. The van der Waals surface area contributed by atoms with Gasteiger partial charge < -0.3 is 15.4 Å². The van der Waals surface area contributed by atoms with Crippen LogP contribution in [0.4, 0.5) is 0 Å². The molecule has 4 nitrogen and oxygen atoms in total. The zero-order valence-electron chi connectivity index (χ0n) is 12.6. The second-order valence-electron chi connectivity index (χ2n) is 6.50. The standard InChI is InChI=1S/C15H29N3OS/c16-4-1-5-17-6-8-18(9-7-17)14-2-10-19-15(12-14)3-11-20-13-15/h14H,1-13,16H2. The zero-order chi connectivity index (χ0) is 13.8. The molecule has 2 atom stereocenters. The molecule has 0 aromatic carbocycles. The van der Waals surface area contributed by atoms with Gasteiger partial charge in [0.25, 0.3) is 0 Å². The van der Waals surface area contributed by atoms with Gasteiger partial charge in [-0.15, -0.1) is 0 Å². The van der Waals surface area contributed by atoms with E-state index in [1.165, 1.54) is 63.5 Å². The van der Waals surface area contributed by atoms with Crippen molar-refractivity contribution in [1.29, 1.82) is 0 Å². The minimum atomic E-state index is 0.226. The highest BCUT2D eigenvalue weighted by Gasteiger charge is 2.42. The third kappa shape index (κ3) is 3.50. The molecule has 3 saturated heterocycles. The molecule has 3 heterocycles. The number of rotatable bonds is 4. The Hall–Kier alpha value is 0.190. The van der Waals surface area contributed by atoms with Crippen molar-refractivity contribution in [2.75, 3.05) is 57.4 Å². The first-order valence-corrected chi connectivity index (χ1v) is 9.35. The summed E-state index contributed by atoms with van der Waals surface area (Å²) in [6, 6.07) is 0.763. The number of hydrogen-bond donors (Lipinski definition) is 1. The quantitative estimate of drug-likeness (QED) is 0.839. The molecule has 3 fully saturated rings. The number of piperazine rings is 1. The predicted octanol–water partition coefficient (Wildman–Crippen LogP) is 1.01. The Morgan fingerprint density at radius 2 is 2.10 bits per heavy atom. The molecule has 20 heavy (non-hydrogen) atoms. The van der Waals surface area contributed by atoms with E-state index >= 15 is 0 Å². The molecule has 2 unspecified atom stereocenters. The largest absolute Gasteiger partial charge is 0.374 e. The molecule has 0 aromatic rings. The summed E-state index contributed by atoms with van der Waals surface area (Å²) in [6.07, 6.45) is 4.90. The van der Waals surface area contributed by atoms with Gasteiger partial charge in [0.2, 0.25) is 0 Å². The van der Waals surface area contributed by atoms with E-state index in [1.807, 2.05) is 0 Å². The summed E-state index contributed by atoms with van der Waals surface area (Å²) in [6.45, 7) is 7.88. The third-order valence-electron chi connectivity index (χ3n) is 5.14. The number of nitrogens with two attached hydrogens (primary N) is 1. The van der Waals surface area contributed by atoms with Gasteiger partial charge in [0, 0.05) is 44.6 Å². The SMILES string of the molecule is NCCCN1CCN(C2CCOC3(CCSC3)C2)CC1. The molecule has 0 aromatic heterocycles. The minimum absolute atomic E-state index is 0.226. The van der Waals surface area contributed by atoms with Crippen molar-refractivity contribution in [3.8, 4) is 0 Å². The Bertz CT molecular complexity index is 301. The van der Waals surface area contributed by atoms with Gasteiger partial charge in [0.05, 0.1) is 5.60 Å². The highest BCUT2D eigenvalue weighted by Crippen LogP contribution is 2.39. The summed E-state index contributed by atoms with van der Waals surface area (Å²) < 4.78 is 6.15. The van der Waals surface area contributed by atoms with E-state index < -0.39 is 0 Å². The van der Waals surface area contributed by atoms with Crippen molar-refractivity contribution in [3.63, 3.8) is 0 Å². The maximum absolute atomic E-state index is 6.15. The van der Waals surface area contributed by atoms with Crippen LogP contribution in [0, 0.1) is 0 Å². The second-order valence-corrected chi connectivity index (χ2v) is 7.61. The smallest absolute Gasteiger partial charge is 0.0795 e. The van der Waals surface area contributed by atoms with Gasteiger partial charge in [0.1, 0.15) is 0 Å². The topological polar surface area (TPSA) is 41.7 Å². The molecule has 3 aliphatic rings. The Balaban J connectivity index is 1.48. The number of thioether (sulfide) groups is 1. The van der Waals surface area contributed by atoms with Crippen molar-refractivity contribution in [2.24, 2.45) is 5.73 Å². The molecule has 116 valence electrons. The van der Waals surface area contributed by atoms with Crippen LogP contribution in [0.2, 0.25) is 0 Å². The average molecular weight is 299 g/mol. The molecule has 0 radical (unpaired) electrons. The maximum atomic E-state index is 6.15. The highest BCUT2D eigenvalue weighted by molar-refractivity contribution is 7.99. The third-order valence-corrected chi connectivity index (χ3v) is 6.36. The molecule has 0 saturated carbocycles.